The molecule has 0 fully saturated rings. The van der Waals surface area contributed by atoms with Crippen LogP contribution in [0.3, 0.4) is 0 Å². The minimum absolute atomic E-state index is 0.120. The zero-order valence-corrected chi connectivity index (χ0v) is 15.9. The molecule has 0 heterocycles. The third kappa shape index (κ3) is 5.17. The number of carbonyl (C=O) groups is 2. The molecule has 144 valence electrons. The van der Waals surface area contributed by atoms with Crippen molar-refractivity contribution in [3.63, 3.8) is 0 Å². The Morgan fingerprint density at radius 3 is 2.48 bits per heavy atom. The number of amides is 1. The van der Waals surface area contributed by atoms with Gasteiger partial charge in [-0.3, -0.25) is 4.79 Å². The van der Waals surface area contributed by atoms with E-state index < -0.39 is 22.7 Å². The SMILES string of the molecule is COC(=O)c1ccccc1N(C)C(=O)CSc1ccc(Cl)c(C(F)(F)F)c1. The van der Waals surface area contributed by atoms with Crippen molar-refractivity contribution in [2.24, 2.45) is 0 Å². The second-order valence-corrected chi connectivity index (χ2v) is 6.85. The summed E-state index contributed by atoms with van der Waals surface area (Å²) in [5, 5.41) is -0.401. The van der Waals surface area contributed by atoms with E-state index in [-0.39, 0.29) is 22.1 Å². The number of nitrogens with zero attached hydrogens (tertiary/aromatic N) is 1. The zero-order valence-electron chi connectivity index (χ0n) is 14.3. The molecule has 0 saturated carbocycles. The van der Waals surface area contributed by atoms with Gasteiger partial charge < -0.3 is 9.64 Å². The summed E-state index contributed by atoms with van der Waals surface area (Å²) in [6.45, 7) is 0. The highest BCUT2D eigenvalue weighted by Gasteiger charge is 2.33. The van der Waals surface area contributed by atoms with Crippen LogP contribution >= 0.6 is 23.4 Å². The molecule has 0 saturated heterocycles. The molecule has 1 amide bonds. The van der Waals surface area contributed by atoms with Gasteiger partial charge in [0.25, 0.3) is 0 Å². The Balaban J connectivity index is 2.14. The highest BCUT2D eigenvalue weighted by Crippen LogP contribution is 2.37. The van der Waals surface area contributed by atoms with E-state index in [0.717, 1.165) is 23.9 Å². The lowest BCUT2D eigenvalue weighted by Crippen LogP contribution is -2.29. The largest absolute Gasteiger partial charge is 0.465 e. The summed E-state index contributed by atoms with van der Waals surface area (Å²) in [5.41, 5.74) is -0.389. The Morgan fingerprint density at radius 1 is 1.19 bits per heavy atom. The normalized spacial score (nSPS) is 11.2. The van der Waals surface area contributed by atoms with Gasteiger partial charge >= 0.3 is 12.1 Å². The fourth-order valence-corrected chi connectivity index (χ4v) is 3.31. The van der Waals surface area contributed by atoms with Gasteiger partial charge in [-0.2, -0.15) is 13.2 Å². The molecule has 4 nitrogen and oxygen atoms in total. The molecular weight excluding hydrogens is 403 g/mol. The summed E-state index contributed by atoms with van der Waals surface area (Å²) >= 11 is 6.53. The topological polar surface area (TPSA) is 46.6 Å². The summed E-state index contributed by atoms with van der Waals surface area (Å²) in [6, 6.07) is 9.86. The van der Waals surface area contributed by atoms with Crippen molar-refractivity contribution in [3.8, 4) is 0 Å². The Labute approximate surface area is 163 Å². The van der Waals surface area contributed by atoms with Gasteiger partial charge in [-0.1, -0.05) is 23.7 Å². The van der Waals surface area contributed by atoms with Crippen molar-refractivity contribution in [1.82, 2.24) is 0 Å². The highest BCUT2D eigenvalue weighted by atomic mass is 35.5. The monoisotopic (exact) mass is 417 g/mol. The number of anilines is 1. The van der Waals surface area contributed by atoms with E-state index in [1.54, 1.807) is 18.2 Å². The number of thioether (sulfide) groups is 1. The first-order chi connectivity index (χ1) is 12.6. The second-order valence-electron chi connectivity index (χ2n) is 5.39. The predicted molar refractivity (Wildman–Crippen MR) is 98.4 cm³/mol. The maximum atomic E-state index is 12.9. The number of alkyl halides is 3. The molecule has 27 heavy (non-hydrogen) atoms. The van der Waals surface area contributed by atoms with Crippen LogP contribution in [0.2, 0.25) is 5.02 Å². The smallest absolute Gasteiger partial charge is 0.417 e. The molecule has 0 aliphatic heterocycles. The predicted octanol–water partition coefficient (Wildman–Crippen LogP) is 4.90. The molecule has 0 radical (unpaired) electrons. The maximum Gasteiger partial charge on any atom is 0.417 e. The number of benzene rings is 2. The highest BCUT2D eigenvalue weighted by molar-refractivity contribution is 8.00. The number of ether oxygens (including phenoxy) is 1. The van der Waals surface area contributed by atoms with Crippen molar-refractivity contribution < 1.29 is 27.5 Å². The molecule has 2 aromatic rings. The number of rotatable bonds is 5. The van der Waals surface area contributed by atoms with Crippen LogP contribution < -0.4 is 4.90 Å². The van der Waals surface area contributed by atoms with Crippen molar-refractivity contribution in [2.75, 3.05) is 24.8 Å². The molecule has 0 unspecified atom stereocenters. The lowest BCUT2D eigenvalue weighted by Gasteiger charge is -2.20. The average Bonchev–Trinajstić information content (AvgIpc) is 2.64. The standard InChI is InChI=1S/C18H15ClF3NO3S/c1-23(15-6-4-3-5-12(15)17(25)26-2)16(24)10-27-11-7-8-14(19)13(9-11)18(20,21)22/h3-9H,10H2,1-2H3. The first-order valence-electron chi connectivity index (χ1n) is 7.58. The van der Waals surface area contributed by atoms with Gasteiger partial charge in [0.05, 0.1) is 34.7 Å². The van der Waals surface area contributed by atoms with Gasteiger partial charge in [-0.15, -0.1) is 11.8 Å². The third-order valence-corrected chi connectivity index (χ3v) is 4.96. The Bertz CT molecular complexity index is 858. The van der Waals surface area contributed by atoms with Crippen LogP contribution in [0.1, 0.15) is 15.9 Å². The maximum absolute atomic E-state index is 12.9. The summed E-state index contributed by atoms with van der Waals surface area (Å²) in [6.07, 6.45) is -4.58. The lowest BCUT2D eigenvalue weighted by molar-refractivity contribution is -0.137. The number of halogens is 4. The zero-order chi connectivity index (χ0) is 20.2. The van der Waals surface area contributed by atoms with Gasteiger partial charge in [-0.25, -0.2) is 4.79 Å². The summed E-state index contributed by atoms with van der Waals surface area (Å²) in [7, 11) is 2.71. The number of carbonyl (C=O) groups excluding carboxylic acids is 2. The van der Waals surface area contributed by atoms with Gasteiger partial charge in [0.1, 0.15) is 0 Å². The molecule has 0 aliphatic rings. The van der Waals surface area contributed by atoms with Crippen LogP contribution in [0.4, 0.5) is 18.9 Å². The van der Waals surface area contributed by atoms with Crippen molar-refractivity contribution in [2.45, 2.75) is 11.1 Å². The Morgan fingerprint density at radius 2 is 1.85 bits per heavy atom. The molecule has 0 N–H and O–H groups in total. The van der Waals surface area contributed by atoms with E-state index in [9.17, 15) is 22.8 Å². The van der Waals surface area contributed by atoms with Gasteiger partial charge in [-0.05, 0) is 30.3 Å². The minimum atomic E-state index is -4.58. The number of hydrogen-bond acceptors (Lipinski definition) is 4. The number of para-hydroxylation sites is 1. The van der Waals surface area contributed by atoms with Crippen LogP contribution in [-0.2, 0) is 15.7 Å². The van der Waals surface area contributed by atoms with Crippen LogP contribution in [0.15, 0.2) is 47.4 Å². The molecule has 0 aliphatic carbocycles. The van der Waals surface area contributed by atoms with Crippen LogP contribution in [0.25, 0.3) is 0 Å². The van der Waals surface area contributed by atoms with Crippen molar-refractivity contribution in [1.29, 1.82) is 0 Å². The fourth-order valence-electron chi connectivity index (χ4n) is 2.24. The summed E-state index contributed by atoms with van der Waals surface area (Å²) in [4.78, 5) is 25.8. The van der Waals surface area contributed by atoms with Crippen molar-refractivity contribution in [3.05, 3.63) is 58.6 Å². The summed E-state index contributed by atoms with van der Waals surface area (Å²) in [5.74, 6) is -1.10. The van der Waals surface area contributed by atoms with E-state index in [2.05, 4.69) is 0 Å². The Hall–Kier alpha value is -2.19. The van der Waals surface area contributed by atoms with Crippen LogP contribution in [-0.4, -0.2) is 31.8 Å². The first-order valence-corrected chi connectivity index (χ1v) is 8.95. The molecule has 9 heteroatoms. The molecule has 2 aromatic carbocycles. The molecule has 0 bridgehead atoms. The fraction of sp³-hybridized carbons (Fsp3) is 0.222. The lowest BCUT2D eigenvalue weighted by atomic mass is 10.1. The third-order valence-electron chi connectivity index (χ3n) is 3.65. The van der Waals surface area contributed by atoms with E-state index in [4.69, 9.17) is 16.3 Å². The first kappa shape index (κ1) is 21.1. The van der Waals surface area contributed by atoms with E-state index in [1.807, 2.05) is 0 Å². The molecule has 0 atom stereocenters. The number of esters is 1. The van der Waals surface area contributed by atoms with Gasteiger partial charge in [0, 0.05) is 11.9 Å². The minimum Gasteiger partial charge on any atom is -0.465 e. The molecule has 0 aromatic heterocycles. The van der Waals surface area contributed by atoms with Crippen LogP contribution in [0, 0.1) is 0 Å². The van der Waals surface area contributed by atoms with E-state index in [1.165, 1.54) is 31.2 Å². The van der Waals surface area contributed by atoms with Gasteiger partial charge in [0.15, 0.2) is 0 Å². The van der Waals surface area contributed by atoms with E-state index in [0.29, 0.717) is 5.69 Å². The number of hydrogen-bond donors (Lipinski definition) is 0. The van der Waals surface area contributed by atoms with Crippen LogP contribution in [0.5, 0.6) is 0 Å². The average molecular weight is 418 g/mol. The van der Waals surface area contributed by atoms with Crippen molar-refractivity contribution >= 4 is 40.9 Å². The number of methoxy groups -OCH3 is 1. The molecule has 2 rings (SSSR count). The quantitative estimate of drug-likeness (QED) is 0.512. The molecule has 0 spiro atoms. The summed E-state index contributed by atoms with van der Waals surface area (Å²) < 4.78 is 43.4. The van der Waals surface area contributed by atoms with E-state index >= 15 is 0 Å². The Kier molecular flexibility index (Phi) is 6.78. The second kappa shape index (κ2) is 8.67. The van der Waals surface area contributed by atoms with Gasteiger partial charge in [0.2, 0.25) is 5.91 Å². The molecular formula is C18H15ClF3NO3S.